The predicted octanol–water partition coefficient (Wildman–Crippen LogP) is 4.96. The fraction of sp³-hybridized carbons (Fsp3) is 0.381. The maximum atomic E-state index is 13.0. The second-order valence-corrected chi connectivity index (χ2v) is 8.10. The van der Waals surface area contributed by atoms with Crippen molar-refractivity contribution < 1.29 is 9.72 Å². The average Bonchev–Trinajstić information content (AvgIpc) is 3.22. The Hall–Kier alpha value is -2.15. The second kappa shape index (κ2) is 9.57. The van der Waals surface area contributed by atoms with Crippen molar-refractivity contribution in [3.8, 4) is 0 Å². The van der Waals surface area contributed by atoms with Crippen LogP contribution in [0.2, 0.25) is 10.0 Å². The number of carbonyl (C=O) groups excluding carboxylic acids is 1. The van der Waals surface area contributed by atoms with E-state index in [1.165, 1.54) is 12.1 Å². The molecule has 0 spiro atoms. The Balaban J connectivity index is 1.84. The van der Waals surface area contributed by atoms with Gasteiger partial charge in [0.1, 0.15) is 0 Å². The van der Waals surface area contributed by atoms with Crippen LogP contribution in [0.4, 0.5) is 5.69 Å². The molecule has 2 aromatic carbocycles. The van der Waals surface area contributed by atoms with E-state index in [4.69, 9.17) is 23.2 Å². The first kappa shape index (κ1) is 21.6. The molecule has 29 heavy (non-hydrogen) atoms. The van der Waals surface area contributed by atoms with Gasteiger partial charge in [-0.15, -0.1) is 0 Å². The normalized spacial score (nSPS) is 16.4. The molecule has 0 bridgehead atoms. The van der Waals surface area contributed by atoms with Crippen LogP contribution >= 0.6 is 23.2 Å². The molecule has 1 saturated heterocycles. The van der Waals surface area contributed by atoms with Crippen LogP contribution in [-0.4, -0.2) is 35.4 Å². The topological polar surface area (TPSA) is 75.5 Å². The number of rotatable bonds is 7. The van der Waals surface area contributed by atoms with Crippen molar-refractivity contribution in [2.75, 3.05) is 19.6 Å². The number of halogens is 2. The summed E-state index contributed by atoms with van der Waals surface area (Å²) in [6.45, 7) is 4.35. The van der Waals surface area contributed by atoms with Crippen molar-refractivity contribution in [3.05, 3.63) is 73.8 Å². The van der Waals surface area contributed by atoms with Crippen molar-refractivity contribution in [1.82, 2.24) is 10.2 Å². The summed E-state index contributed by atoms with van der Waals surface area (Å²) in [6, 6.07) is 12.2. The Morgan fingerprint density at radius 1 is 1.17 bits per heavy atom. The van der Waals surface area contributed by atoms with Crippen LogP contribution in [0.3, 0.4) is 0 Å². The first-order chi connectivity index (χ1) is 13.9. The first-order valence-corrected chi connectivity index (χ1v) is 10.3. The zero-order valence-electron chi connectivity index (χ0n) is 16.1. The lowest BCUT2D eigenvalue weighted by atomic mass is 9.97. The summed E-state index contributed by atoms with van der Waals surface area (Å²) in [7, 11) is 0. The quantitative estimate of drug-likeness (QED) is 0.492. The Kier molecular flexibility index (Phi) is 7.11. The zero-order chi connectivity index (χ0) is 21.0. The lowest BCUT2D eigenvalue weighted by Gasteiger charge is -2.26. The molecule has 1 aliphatic heterocycles. The molecule has 0 aromatic heterocycles. The number of hydrogen-bond acceptors (Lipinski definition) is 4. The third-order valence-corrected chi connectivity index (χ3v) is 6.01. The number of hydrogen-bond donors (Lipinski definition) is 1. The lowest BCUT2D eigenvalue weighted by Crippen LogP contribution is -2.38. The average molecular weight is 436 g/mol. The number of amides is 1. The van der Waals surface area contributed by atoms with Crippen LogP contribution in [0.25, 0.3) is 0 Å². The number of nitrogens with one attached hydrogen (secondary N) is 1. The van der Waals surface area contributed by atoms with E-state index >= 15 is 0 Å². The molecule has 0 radical (unpaired) electrons. The molecule has 2 aromatic rings. The molecule has 3 rings (SSSR count). The van der Waals surface area contributed by atoms with Gasteiger partial charge in [0.05, 0.1) is 26.9 Å². The molecule has 8 heteroatoms. The largest absolute Gasteiger partial charge is 0.347 e. The monoisotopic (exact) mass is 435 g/mol. The van der Waals surface area contributed by atoms with E-state index < -0.39 is 10.8 Å². The summed E-state index contributed by atoms with van der Waals surface area (Å²) in [5, 5.41) is 14.8. The van der Waals surface area contributed by atoms with Crippen LogP contribution in [0, 0.1) is 10.1 Å². The van der Waals surface area contributed by atoms with Crippen LogP contribution in [0.15, 0.2) is 42.5 Å². The Bertz CT molecular complexity index is 886. The standard InChI is InChI=1S/C21H23Cl2N3O3/c1-14(16-11-17(22)18(23)12-20(16)26(28)29)21(27)24-19(13-25-9-5-6-10-25)15-7-3-2-4-8-15/h2-4,7-8,11-12,14,19H,5-6,9-10,13H2,1H3,(H,24,27)/t14?,19-/m1/s1. The number of nitro benzene ring substituents is 1. The van der Waals surface area contributed by atoms with Gasteiger partial charge >= 0.3 is 0 Å². The van der Waals surface area contributed by atoms with E-state index in [1.54, 1.807) is 6.92 Å². The third kappa shape index (κ3) is 5.26. The van der Waals surface area contributed by atoms with Gasteiger partial charge < -0.3 is 10.2 Å². The van der Waals surface area contributed by atoms with Crippen LogP contribution in [0.1, 0.15) is 42.9 Å². The summed E-state index contributed by atoms with van der Waals surface area (Å²) < 4.78 is 0. The van der Waals surface area contributed by atoms with Gasteiger partial charge in [0, 0.05) is 18.2 Å². The summed E-state index contributed by atoms with van der Waals surface area (Å²) >= 11 is 12.0. The molecule has 1 heterocycles. The van der Waals surface area contributed by atoms with Crippen molar-refractivity contribution in [1.29, 1.82) is 0 Å². The number of likely N-dealkylation sites (tertiary alicyclic amines) is 1. The molecular weight excluding hydrogens is 413 g/mol. The molecule has 1 N–H and O–H groups in total. The summed E-state index contributed by atoms with van der Waals surface area (Å²) in [6.07, 6.45) is 2.31. The maximum absolute atomic E-state index is 13.0. The van der Waals surface area contributed by atoms with Gasteiger partial charge in [-0.05, 0) is 44.5 Å². The smallest absolute Gasteiger partial charge is 0.274 e. The fourth-order valence-electron chi connectivity index (χ4n) is 3.64. The highest BCUT2D eigenvalue weighted by Gasteiger charge is 2.28. The summed E-state index contributed by atoms with van der Waals surface area (Å²) in [4.78, 5) is 26.3. The van der Waals surface area contributed by atoms with Crippen molar-refractivity contribution in [2.45, 2.75) is 31.7 Å². The third-order valence-electron chi connectivity index (χ3n) is 5.28. The molecule has 1 amide bonds. The molecule has 0 aliphatic carbocycles. The maximum Gasteiger partial charge on any atom is 0.274 e. The van der Waals surface area contributed by atoms with Crippen LogP contribution < -0.4 is 5.32 Å². The van der Waals surface area contributed by atoms with Gasteiger partial charge in [-0.25, -0.2) is 0 Å². The van der Waals surface area contributed by atoms with E-state index in [0.29, 0.717) is 6.54 Å². The predicted molar refractivity (Wildman–Crippen MR) is 115 cm³/mol. The highest BCUT2D eigenvalue weighted by molar-refractivity contribution is 6.42. The molecular formula is C21H23Cl2N3O3. The molecule has 1 fully saturated rings. The summed E-state index contributed by atoms with van der Waals surface area (Å²) in [5.74, 6) is -1.05. The van der Waals surface area contributed by atoms with Crippen molar-refractivity contribution in [3.63, 3.8) is 0 Å². The minimum absolute atomic E-state index is 0.0888. The van der Waals surface area contributed by atoms with Gasteiger partial charge in [0.2, 0.25) is 5.91 Å². The van der Waals surface area contributed by atoms with Crippen LogP contribution in [0.5, 0.6) is 0 Å². The number of carbonyl (C=O) groups is 1. The Morgan fingerprint density at radius 3 is 2.41 bits per heavy atom. The molecule has 0 saturated carbocycles. The van der Waals surface area contributed by atoms with Crippen molar-refractivity contribution >= 4 is 34.8 Å². The molecule has 1 aliphatic rings. The zero-order valence-corrected chi connectivity index (χ0v) is 17.6. The Labute approximate surface area is 179 Å². The highest BCUT2D eigenvalue weighted by Crippen LogP contribution is 2.35. The van der Waals surface area contributed by atoms with E-state index in [-0.39, 0.29) is 33.2 Å². The molecule has 154 valence electrons. The first-order valence-electron chi connectivity index (χ1n) is 9.58. The van der Waals surface area contributed by atoms with Gasteiger partial charge in [-0.1, -0.05) is 53.5 Å². The minimum Gasteiger partial charge on any atom is -0.347 e. The van der Waals surface area contributed by atoms with Gasteiger partial charge in [-0.3, -0.25) is 14.9 Å². The second-order valence-electron chi connectivity index (χ2n) is 7.28. The molecule has 2 atom stereocenters. The van der Waals surface area contributed by atoms with Gasteiger partial charge in [-0.2, -0.15) is 0 Å². The van der Waals surface area contributed by atoms with Crippen LogP contribution in [-0.2, 0) is 4.79 Å². The Morgan fingerprint density at radius 2 is 1.79 bits per heavy atom. The molecule has 6 nitrogen and oxygen atoms in total. The lowest BCUT2D eigenvalue weighted by molar-refractivity contribution is -0.385. The van der Waals surface area contributed by atoms with E-state index in [0.717, 1.165) is 31.5 Å². The van der Waals surface area contributed by atoms with E-state index in [9.17, 15) is 14.9 Å². The fourth-order valence-corrected chi connectivity index (χ4v) is 3.97. The van der Waals surface area contributed by atoms with E-state index in [1.807, 2.05) is 30.3 Å². The van der Waals surface area contributed by atoms with Gasteiger partial charge in [0.25, 0.3) is 5.69 Å². The minimum atomic E-state index is -0.755. The number of nitrogens with zero attached hydrogens (tertiary/aromatic N) is 2. The SMILES string of the molecule is CC(C(=O)N[C@H](CN1CCCC1)c1ccccc1)c1cc(Cl)c(Cl)cc1[N+](=O)[O-]. The van der Waals surface area contributed by atoms with Gasteiger partial charge in [0.15, 0.2) is 0 Å². The number of benzene rings is 2. The number of nitro groups is 1. The summed E-state index contributed by atoms with van der Waals surface area (Å²) in [5.41, 5.74) is 1.04. The highest BCUT2D eigenvalue weighted by atomic mass is 35.5. The van der Waals surface area contributed by atoms with Crippen molar-refractivity contribution in [2.24, 2.45) is 0 Å². The molecule has 1 unspecified atom stereocenters. The van der Waals surface area contributed by atoms with E-state index in [2.05, 4.69) is 10.2 Å².